The van der Waals surface area contributed by atoms with Gasteiger partial charge < -0.3 is 38.6 Å². The standard InChI is InChI=1S/C25H32O8/c1-25(2)32-23-21(30-13-15-5-9-17(28-3)10-6-15)19(26)20(27)22(24(23)33-25)31-14-16-7-11-18(29-4)12-8-16/h5-12,19-24,26-27H,13-14H2,1-4H3/t19-,20+,21-,22-,23+,24+/m0/s1. The normalized spacial score (nSPS) is 30.6. The van der Waals surface area contributed by atoms with Gasteiger partial charge in [-0.1, -0.05) is 24.3 Å². The van der Waals surface area contributed by atoms with Crippen LogP contribution in [0, 0.1) is 0 Å². The van der Waals surface area contributed by atoms with Gasteiger partial charge in [0.2, 0.25) is 0 Å². The van der Waals surface area contributed by atoms with E-state index in [4.69, 9.17) is 28.4 Å². The van der Waals surface area contributed by atoms with Crippen LogP contribution in [0.15, 0.2) is 48.5 Å². The molecule has 1 aliphatic carbocycles. The molecule has 0 bridgehead atoms. The van der Waals surface area contributed by atoms with Gasteiger partial charge in [-0.2, -0.15) is 0 Å². The third kappa shape index (κ3) is 5.32. The van der Waals surface area contributed by atoms with Crippen molar-refractivity contribution in [1.82, 2.24) is 0 Å². The van der Waals surface area contributed by atoms with Gasteiger partial charge in [0.1, 0.15) is 48.1 Å². The number of benzene rings is 2. The van der Waals surface area contributed by atoms with E-state index < -0.39 is 42.4 Å². The molecule has 2 aliphatic rings. The maximum absolute atomic E-state index is 10.9. The molecule has 2 fully saturated rings. The lowest BCUT2D eigenvalue weighted by molar-refractivity contribution is -0.223. The second kappa shape index (κ2) is 9.97. The highest BCUT2D eigenvalue weighted by atomic mass is 16.8. The van der Waals surface area contributed by atoms with Crippen LogP contribution < -0.4 is 9.47 Å². The predicted octanol–water partition coefficient (Wildman–Crippen LogP) is 2.43. The summed E-state index contributed by atoms with van der Waals surface area (Å²) < 4.78 is 34.6. The van der Waals surface area contributed by atoms with E-state index in [1.165, 1.54) is 0 Å². The molecule has 8 heteroatoms. The molecule has 8 nitrogen and oxygen atoms in total. The summed E-state index contributed by atoms with van der Waals surface area (Å²) in [7, 11) is 3.22. The summed E-state index contributed by atoms with van der Waals surface area (Å²) in [6, 6.07) is 14.9. The van der Waals surface area contributed by atoms with Crippen LogP contribution >= 0.6 is 0 Å². The number of rotatable bonds is 8. The van der Waals surface area contributed by atoms with Crippen LogP contribution in [-0.4, -0.2) is 66.8 Å². The number of aliphatic hydroxyl groups excluding tert-OH is 2. The van der Waals surface area contributed by atoms with Gasteiger partial charge in [0.25, 0.3) is 0 Å². The third-order valence-electron chi connectivity index (χ3n) is 6.04. The molecule has 1 saturated heterocycles. The van der Waals surface area contributed by atoms with Gasteiger partial charge in [0.15, 0.2) is 5.79 Å². The highest BCUT2D eigenvalue weighted by molar-refractivity contribution is 5.27. The number of hydrogen-bond donors (Lipinski definition) is 2. The Morgan fingerprint density at radius 1 is 0.697 bits per heavy atom. The van der Waals surface area contributed by atoms with Crippen LogP contribution in [0.3, 0.4) is 0 Å². The Labute approximate surface area is 193 Å². The number of hydrogen-bond acceptors (Lipinski definition) is 8. The lowest BCUT2D eigenvalue weighted by Crippen LogP contribution is -2.63. The molecular formula is C25H32O8. The minimum atomic E-state index is -1.21. The molecule has 2 aromatic rings. The summed E-state index contributed by atoms with van der Waals surface area (Å²) in [6.45, 7) is 4.07. The molecule has 0 radical (unpaired) electrons. The Balaban J connectivity index is 1.46. The number of aliphatic hydroxyl groups is 2. The minimum absolute atomic E-state index is 0.239. The monoisotopic (exact) mass is 460 g/mol. The molecule has 0 aromatic heterocycles. The van der Waals surface area contributed by atoms with Crippen LogP contribution in [0.1, 0.15) is 25.0 Å². The highest BCUT2D eigenvalue weighted by Gasteiger charge is 2.58. The molecule has 2 aromatic carbocycles. The van der Waals surface area contributed by atoms with Gasteiger partial charge in [-0.25, -0.2) is 0 Å². The topological polar surface area (TPSA) is 95.8 Å². The first-order valence-electron chi connectivity index (χ1n) is 11.0. The van der Waals surface area contributed by atoms with Crippen LogP contribution in [0.2, 0.25) is 0 Å². The SMILES string of the molecule is COc1ccc(CO[C@H]2[C@H](O)[C@H](O)[C@H](OCc3ccc(OC)cc3)[C@H]3OC(C)(C)O[C@@H]32)cc1. The van der Waals surface area contributed by atoms with Crippen molar-refractivity contribution >= 4 is 0 Å². The first kappa shape index (κ1) is 23.9. The molecule has 1 aliphatic heterocycles. The zero-order valence-electron chi connectivity index (χ0n) is 19.3. The van der Waals surface area contributed by atoms with Gasteiger partial charge >= 0.3 is 0 Å². The fourth-order valence-electron chi connectivity index (χ4n) is 4.32. The molecule has 0 unspecified atom stereocenters. The molecule has 180 valence electrons. The fourth-order valence-corrected chi connectivity index (χ4v) is 4.32. The Morgan fingerprint density at radius 3 is 1.39 bits per heavy atom. The first-order valence-corrected chi connectivity index (χ1v) is 11.0. The van der Waals surface area contributed by atoms with E-state index in [2.05, 4.69) is 0 Å². The lowest BCUT2D eigenvalue weighted by Gasteiger charge is -2.43. The summed E-state index contributed by atoms with van der Waals surface area (Å²) in [5.41, 5.74) is 1.81. The van der Waals surface area contributed by atoms with E-state index in [1.54, 1.807) is 28.1 Å². The van der Waals surface area contributed by atoms with E-state index in [0.29, 0.717) is 0 Å². The maximum Gasteiger partial charge on any atom is 0.164 e. The summed E-state index contributed by atoms with van der Waals surface area (Å²) in [6.07, 6.45) is -5.18. The molecule has 0 amide bonds. The molecule has 6 atom stereocenters. The van der Waals surface area contributed by atoms with E-state index in [-0.39, 0.29) is 13.2 Å². The molecular weight excluding hydrogens is 428 g/mol. The van der Waals surface area contributed by atoms with Crippen LogP contribution in [0.25, 0.3) is 0 Å². The van der Waals surface area contributed by atoms with Gasteiger partial charge in [0, 0.05) is 0 Å². The number of fused-ring (bicyclic) bond motifs is 1. The highest BCUT2D eigenvalue weighted by Crippen LogP contribution is 2.40. The van der Waals surface area contributed by atoms with E-state index in [1.807, 2.05) is 48.5 Å². The van der Waals surface area contributed by atoms with Crippen molar-refractivity contribution in [3.63, 3.8) is 0 Å². The van der Waals surface area contributed by atoms with Gasteiger partial charge in [-0.05, 0) is 49.2 Å². The predicted molar refractivity (Wildman–Crippen MR) is 119 cm³/mol. The summed E-state index contributed by atoms with van der Waals surface area (Å²) in [4.78, 5) is 0. The summed E-state index contributed by atoms with van der Waals surface area (Å²) in [5.74, 6) is 0.596. The second-order valence-corrected chi connectivity index (χ2v) is 8.79. The van der Waals surface area contributed by atoms with Crippen molar-refractivity contribution in [3.05, 3.63) is 59.7 Å². The van der Waals surface area contributed by atoms with E-state index in [9.17, 15) is 10.2 Å². The van der Waals surface area contributed by atoms with Gasteiger partial charge in [-0.15, -0.1) is 0 Å². The third-order valence-corrected chi connectivity index (χ3v) is 6.04. The van der Waals surface area contributed by atoms with Crippen molar-refractivity contribution in [2.45, 2.75) is 69.5 Å². The Hall–Kier alpha value is -2.20. The molecule has 4 rings (SSSR count). The molecule has 0 spiro atoms. The minimum Gasteiger partial charge on any atom is -0.497 e. The van der Waals surface area contributed by atoms with Gasteiger partial charge in [0.05, 0.1) is 27.4 Å². The van der Waals surface area contributed by atoms with Crippen LogP contribution in [0.5, 0.6) is 11.5 Å². The van der Waals surface area contributed by atoms with E-state index >= 15 is 0 Å². The van der Waals surface area contributed by atoms with Crippen LogP contribution in [0.4, 0.5) is 0 Å². The first-order chi connectivity index (χ1) is 15.8. The average Bonchev–Trinajstić information content (AvgIpc) is 3.14. The quantitative estimate of drug-likeness (QED) is 0.620. The van der Waals surface area contributed by atoms with Crippen molar-refractivity contribution in [2.75, 3.05) is 14.2 Å². The largest absolute Gasteiger partial charge is 0.497 e. The average molecular weight is 461 g/mol. The number of methoxy groups -OCH3 is 2. The Morgan fingerprint density at radius 2 is 1.06 bits per heavy atom. The molecule has 33 heavy (non-hydrogen) atoms. The van der Waals surface area contributed by atoms with Crippen LogP contribution in [-0.2, 0) is 32.2 Å². The Bertz CT molecular complexity index is 824. The maximum atomic E-state index is 10.9. The smallest absolute Gasteiger partial charge is 0.164 e. The van der Waals surface area contributed by atoms with Gasteiger partial charge in [-0.3, -0.25) is 0 Å². The van der Waals surface area contributed by atoms with Crippen molar-refractivity contribution in [3.8, 4) is 11.5 Å². The van der Waals surface area contributed by atoms with Crippen molar-refractivity contribution in [2.24, 2.45) is 0 Å². The lowest BCUT2D eigenvalue weighted by atomic mass is 9.84. The molecule has 1 heterocycles. The second-order valence-electron chi connectivity index (χ2n) is 8.79. The summed E-state index contributed by atoms with van der Waals surface area (Å²) >= 11 is 0. The van der Waals surface area contributed by atoms with Crippen molar-refractivity contribution in [1.29, 1.82) is 0 Å². The summed E-state index contributed by atoms with van der Waals surface area (Å²) in [5, 5.41) is 21.8. The molecule has 2 N–H and O–H groups in total. The fraction of sp³-hybridized carbons (Fsp3) is 0.520. The Kier molecular flexibility index (Phi) is 7.23. The van der Waals surface area contributed by atoms with E-state index in [0.717, 1.165) is 22.6 Å². The zero-order chi connectivity index (χ0) is 23.6. The molecule has 1 saturated carbocycles. The number of ether oxygens (including phenoxy) is 6. The van der Waals surface area contributed by atoms with Crippen molar-refractivity contribution < 1.29 is 38.6 Å². The zero-order valence-corrected chi connectivity index (χ0v) is 19.3.